The largest absolute Gasteiger partial charge is 0.423 e. The number of benzene rings is 1. The highest BCUT2D eigenvalue weighted by molar-refractivity contribution is 7.86. The van der Waals surface area contributed by atoms with Crippen molar-refractivity contribution in [3.8, 4) is 5.75 Å². The Labute approximate surface area is 186 Å². The Balaban J connectivity index is 2.77. The molecule has 1 aromatic rings. The van der Waals surface area contributed by atoms with E-state index in [2.05, 4.69) is 19.2 Å². The summed E-state index contributed by atoms with van der Waals surface area (Å²) in [6, 6.07) is 3.98. The first kappa shape index (κ1) is 27.1. The van der Waals surface area contributed by atoms with Crippen LogP contribution in [0, 0.1) is 0 Å². The Morgan fingerprint density at radius 2 is 1.42 bits per heavy atom. The van der Waals surface area contributed by atoms with Gasteiger partial charge < -0.3 is 10.1 Å². The highest BCUT2D eigenvalue weighted by atomic mass is 32.2. The van der Waals surface area contributed by atoms with Gasteiger partial charge in [-0.3, -0.25) is 14.1 Å². The van der Waals surface area contributed by atoms with E-state index in [0.717, 1.165) is 70.3 Å². The van der Waals surface area contributed by atoms with Crippen LogP contribution in [0.15, 0.2) is 23.1 Å². The van der Waals surface area contributed by atoms with Gasteiger partial charge in [-0.2, -0.15) is 8.42 Å². The lowest BCUT2D eigenvalue weighted by molar-refractivity contribution is -0.134. The number of nitrogens with one attached hydrogen (secondary N) is 1. The minimum Gasteiger partial charge on any atom is -0.423 e. The molecule has 7 nitrogen and oxygen atoms in total. The molecule has 0 aliphatic rings. The fourth-order valence-corrected chi connectivity index (χ4v) is 3.88. The Morgan fingerprint density at radius 3 is 2.00 bits per heavy atom. The first-order chi connectivity index (χ1) is 14.8. The third-order valence-electron chi connectivity index (χ3n) is 4.99. The van der Waals surface area contributed by atoms with Crippen molar-refractivity contribution in [2.75, 3.05) is 5.32 Å². The highest BCUT2D eigenvalue weighted by Crippen LogP contribution is 2.33. The summed E-state index contributed by atoms with van der Waals surface area (Å²) >= 11 is 0. The van der Waals surface area contributed by atoms with Crippen molar-refractivity contribution in [2.24, 2.45) is 0 Å². The van der Waals surface area contributed by atoms with Gasteiger partial charge in [-0.1, -0.05) is 77.7 Å². The molecule has 1 aromatic carbocycles. The molecule has 0 aliphatic heterocycles. The first-order valence-electron chi connectivity index (χ1n) is 11.4. The summed E-state index contributed by atoms with van der Waals surface area (Å²) in [5, 5.41) is 2.62. The van der Waals surface area contributed by atoms with Gasteiger partial charge in [0.15, 0.2) is 5.75 Å². The molecule has 0 atom stereocenters. The second-order valence-electron chi connectivity index (χ2n) is 7.81. The van der Waals surface area contributed by atoms with E-state index in [0.29, 0.717) is 6.42 Å². The Bertz CT molecular complexity index is 791. The van der Waals surface area contributed by atoms with E-state index in [1.54, 1.807) is 0 Å². The lowest BCUT2D eigenvalue weighted by atomic mass is 10.1. The quantitative estimate of drug-likeness (QED) is 0.139. The van der Waals surface area contributed by atoms with E-state index in [1.807, 2.05) is 0 Å². The van der Waals surface area contributed by atoms with Gasteiger partial charge in [-0.25, -0.2) is 0 Å². The van der Waals surface area contributed by atoms with Crippen LogP contribution in [0.5, 0.6) is 5.75 Å². The minimum absolute atomic E-state index is 0.0602. The number of esters is 1. The fraction of sp³-hybridized carbons (Fsp3) is 0.652. The van der Waals surface area contributed by atoms with Crippen molar-refractivity contribution >= 4 is 27.7 Å². The normalized spacial score (nSPS) is 11.3. The van der Waals surface area contributed by atoms with Crippen molar-refractivity contribution in [3.05, 3.63) is 18.2 Å². The number of carbonyl (C=O) groups is 2. The molecule has 0 radical (unpaired) electrons. The number of ether oxygens (including phenoxy) is 1. The zero-order valence-corrected chi connectivity index (χ0v) is 19.6. The lowest BCUT2D eigenvalue weighted by Crippen LogP contribution is -2.16. The maximum absolute atomic E-state index is 12.3. The molecule has 0 bridgehead atoms. The fourth-order valence-electron chi connectivity index (χ4n) is 3.24. The number of para-hydroxylation sites is 1. The molecule has 0 aromatic heterocycles. The van der Waals surface area contributed by atoms with Gasteiger partial charge in [-0.15, -0.1) is 0 Å². The number of unbranched alkanes of at least 4 members (excludes halogenated alkanes) is 9. The Hall–Kier alpha value is -1.93. The van der Waals surface area contributed by atoms with Gasteiger partial charge in [0.2, 0.25) is 5.91 Å². The van der Waals surface area contributed by atoms with Crippen molar-refractivity contribution in [1.29, 1.82) is 0 Å². The second kappa shape index (κ2) is 15.0. The molecule has 0 aliphatic carbocycles. The number of amides is 1. The molecule has 0 saturated heterocycles. The molecular formula is C23H37NO6S. The molecule has 1 amide bonds. The molecule has 8 heteroatoms. The molecule has 0 fully saturated rings. The summed E-state index contributed by atoms with van der Waals surface area (Å²) < 4.78 is 38.3. The molecule has 0 unspecified atom stereocenters. The lowest BCUT2D eigenvalue weighted by Gasteiger charge is -2.14. The van der Waals surface area contributed by atoms with Crippen LogP contribution in [0.3, 0.4) is 0 Å². The van der Waals surface area contributed by atoms with Crippen LogP contribution in [0.25, 0.3) is 0 Å². The summed E-state index contributed by atoms with van der Waals surface area (Å²) in [6.07, 6.45) is 11.3. The predicted octanol–water partition coefficient (Wildman–Crippen LogP) is 5.89. The van der Waals surface area contributed by atoms with Gasteiger partial charge >= 0.3 is 5.97 Å². The average molecular weight is 456 g/mol. The van der Waals surface area contributed by atoms with Crippen molar-refractivity contribution < 1.29 is 27.3 Å². The van der Waals surface area contributed by atoms with Crippen LogP contribution in [-0.2, 0) is 19.7 Å². The number of hydrogen-bond acceptors (Lipinski definition) is 5. The van der Waals surface area contributed by atoms with E-state index in [-0.39, 0.29) is 30.2 Å². The maximum Gasteiger partial charge on any atom is 0.311 e. The zero-order chi connectivity index (χ0) is 23.1. The van der Waals surface area contributed by atoms with E-state index in [9.17, 15) is 22.6 Å². The Kier molecular flexibility index (Phi) is 13.1. The molecule has 0 spiro atoms. The first-order valence-corrected chi connectivity index (χ1v) is 12.8. The summed E-state index contributed by atoms with van der Waals surface area (Å²) in [6.45, 7) is 4.25. The van der Waals surface area contributed by atoms with E-state index in [1.165, 1.54) is 12.1 Å². The topological polar surface area (TPSA) is 110 Å². The van der Waals surface area contributed by atoms with Crippen LogP contribution in [-0.4, -0.2) is 24.8 Å². The van der Waals surface area contributed by atoms with Crippen LogP contribution >= 0.6 is 0 Å². The molecule has 176 valence electrons. The molecule has 2 N–H and O–H groups in total. The maximum atomic E-state index is 12.3. The van der Waals surface area contributed by atoms with E-state index < -0.39 is 21.0 Å². The smallest absolute Gasteiger partial charge is 0.311 e. The summed E-state index contributed by atoms with van der Waals surface area (Å²) in [4.78, 5) is 24.0. The van der Waals surface area contributed by atoms with Crippen LogP contribution in [0.1, 0.15) is 97.3 Å². The van der Waals surface area contributed by atoms with E-state index >= 15 is 0 Å². The SMILES string of the molecule is CCCCCCCCC(=O)Oc1c(NC(=O)CCCCCCC)cccc1S(=O)(=O)O. The van der Waals surface area contributed by atoms with Gasteiger partial charge in [0.25, 0.3) is 10.1 Å². The molecule has 0 saturated carbocycles. The summed E-state index contributed by atoms with van der Waals surface area (Å²) in [5.74, 6) is -1.22. The monoisotopic (exact) mass is 455 g/mol. The molecule has 31 heavy (non-hydrogen) atoms. The minimum atomic E-state index is -4.63. The summed E-state index contributed by atoms with van der Waals surface area (Å²) in [7, 11) is -4.63. The van der Waals surface area contributed by atoms with Gasteiger partial charge in [0.05, 0.1) is 5.69 Å². The predicted molar refractivity (Wildman–Crippen MR) is 122 cm³/mol. The highest BCUT2D eigenvalue weighted by Gasteiger charge is 2.23. The Morgan fingerprint density at radius 1 is 0.871 bits per heavy atom. The standard InChI is InChI=1S/C23H37NO6S/c1-3-5-7-9-11-13-18-22(26)30-23-19(15-14-16-20(23)31(27,28)29)24-21(25)17-12-10-8-6-4-2/h14-16H,3-13,17-18H2,1-2H3,(H,24,25)(H,27,28,29). The second-order valence-corrected chi connectivity index (χ2v) is 9.20. The van der Waals surface area contributed by atoms with Gasteiger partial charge in [-0.05, 0) is 25.0 Å². The van der Waals surface area contributed by atoms with Crippen molar-refractivity contribution in [2.45, 2.75) is 102 Å². The third kappa shape index (κ3) is 11.3. The van der Waals surface area contributed by atoms with Crippen LogP contribution in [0.2, 0.25) is 0 Å². The number of rotatable bonds is 16. The molecular weight excluding hydrogens is 418 g/mol. The molecule has 1 rings (SSSR count). The van der Waals surface area contributed by atoms with Crippen LogP contribution < -0.4 is 10.1 Å². The zero-order valence-electron chi connectivity index (χ0n) is 18.8. The number of carbonyl (C=O) groups excluding carboxylic acids is 2. The third-order valence-corrected chi connectivity index (χ3v) is 5.87. The average Bonchev–Trinajstić information content (AvgIpc) is 2.71. The van der Waals surface area contributed by atoms with Gasteiger partial charge in [0.1, 0.15) is 4.90 Å². The van der Waals surface area contributed by atoms with Crippen LogP contribution in [0.4, 0.5) is 5.69 Å². The van der Waals surface area contributed by atoms with Crippen molar-refractivity contribution in [1.82, 2.24) is 0 Å². The van der Waals surface area contributed by atoms with Crippen molar-refractivity contribution in [3.63, 3.8) is 0 Å². The number of anilines is 1. The number of hydrogen-bond donors (Lipinski definition) is 2. The molecule has 0 heterocycles. The van der Waals surface area contributed by atoms with Gasteiger partial charge in [0, 0.05) is 12.8 Å². The summed E-state index contributed by atoms with van der Waals surface area (Å²) in [5.41, 5.74) is 0.0602. The van der Waals surface area contributed by atoms with E-state index in [4.69, 9.17) is 4.74 Å².